The Morgan fingerprint density at radius 1 is 1.14 bits per heavy atom. The molecule has 0 amide bonds. The van der Waals surface area contributed by atoms with Gasteiger partial charge < -0.3 is 14.6 Å². The molecule has 3 heterocycles. The highest BCUT2D eigenvalue weighted by Crippen LogP contribution is 2.37. The predicted molar refractivity (Wildman–Crippen MR) is 140 cm³/mol. The van der Waals surface area contributed by atoms with Crippen LogP contribution in [0.5, 0.6) is 11.5 Å². The van der Waals surface area contributed by atoms with Gasteiger partial charge in [0.2, 0.25) is 0 Å². The van der Waals surface area contributed by atoms with Crippen LogP contribution in [0.2, 0.25) is 0 Å². The highest BCUT2D eigenvalue weighted by Gasteiger charge is 2.35. The van der Waals surface area contributed by atoms with E-state index in [1.165, 1.54) is 34.4 Å². The van der Waals surface area contributed by atoms with E-state index in [2.05, 4.69) is 0 Å². The molecule has 0 saturated heterocycles. The summed E-state index contributed by atoms with van der Waals surface area (Å²) in [6.07, 6.45) is 1.61. The van der Waals surface area contributed by atoms with E-state index in [-0.39, 0.29) is 17.9 Å². The Balaban J connectivity index is 1.81. The van der Waals surface area contributed by atoms with Crippen LogP contribution in [0.15, 0.2) is 81.4 Å². The number of phenols is 1. The van der Waals surface area contributed by atoms with Gasteiger partial charge in [-0.1, -0.05) is 59.9 Å². The molecular weight excluding hydrogens is 496 g/mol. The van der Waals surface area contributed by atoms with Crippen molar-refractivity contribution in [3.05, 3.63) is 107 Å². The maximum atomic E-state index is 13.8. The Morgan fingerprint density at radius 3 is 2.64 bits per heavy atom. The number of nitrogens with zero attached hydrogens (tertiary/aromatic N) is 2. The zero-order valence-corrected chi connectivity index (χ0v) is 21.1. The molecule has 0 bridgehead atoms. The van der Waals surface area contributed by atoms with Crippen molar-refractivity contribution in [2.45, 2.75) is 13.0 Å². The molecule has 9 heteroatoms. The van der Waals surface area contributed by atoms with Gasteiger partial charge in [-0.3, -0.25) is 9.36 Å². The number of rotatable bonds is 6. The molecular formula is C27H22N2O5S2. The molecule has 1 aliphatic heterocycles. The van der Waals surface area contributed by atoms with Gasteiger partial charge in [-0.25, -0.2) is 9.79 Å². The van der Waals surface area contributed by atoms with Crippen LogP contribution in [-0.4, -0.2) is 29.4 Å². The molecule has 0 fully saturated rings. The second-order valence-electron chi connectivity index (χ2n) is 7.85. The number of aromatic nitrogens is 1. The van der Waals surface area contributed by atoms with Crippen LogP contribution in [0.25, 0.3) is 11.8 Å². The van der Waals surface area contributed by atoms with Gasteiger partial charge in [-0.05, 0) is 30.5 Å². The lowest BCUT2D eigenvalue weighted by atomic mass is 9.97. The molecule has 0 unspecified atom stereocenters. The fraction of sp³-hybridized carbons (Fsp3) is 0.148. The van der Waals surface area contributed by atoms with Gasteiger partial charge in [0, 0.05) is 16.0 Å². The van der Waals surface area contributed by atoms with Crippen molar-refractivity contribution in [3.63, 3.8) is 0 Å². The number of carbonyl (C=O) groups excluding carboxylic acids is 1. The van der Waals surface area contributed by atoms with Crippen molar-refractivity contribution in [1.29, 1.82) is 0 Å². The highest BCUT2D eigenvalue weighted by molar-refractivity contribution is 7.10. The summed E-state index contributed by atoms with van der Waals surface area (Å²) >= 11 is 2.65. The summed E-state index contributed by atoms with van der Waals surface area (Å²) < 4.78 is 12.6. The zero-order valence-electron chi connectivity index (χ0n) is 19.5. The van der Waals surface area contributed by atoms with Crippen LogP contribution in [0, 0.1) is 0 Å². The summed E-state index contributed by atoms with van der Waals surface area (Å²) in [6, 6.07) is 17.6. The number of para-hydroxylation sites is 1. The van der Waals surface area contributed by atoms with E-state index in [1.54, 1.807) is 31.2 Å². The smallest absolute Gasteiger partial charge is 0.338 e. The topological polar surface area (TPSA) is 90.1 Å². The van der Waals surface area contributed by atoms with Crippen LogP contribution in [0.4, 0.5) is 0 Å². The van der Waals surface area contributed by atoms with Crippen molar-refractivity contribution >= 4 is 40.4 Å². The molecule has 0 aliphatic carbocycles. The summed E-state index contributed by atoms with van der Waals surface area (Å²) in [4.78, 5) is 33.1. The van der Waals surface area contributed by atoms with E-state index >= 15 is 0 Å². The number of benzene rings is 2. The Hall–Kier alpha value is -3.95. The maximum absolute atomic E-state index is 13.8. The lowest BCUT2D eigenvalue weighted by Gasteiger charge is -2.24. The molecule has 1 N–H and O–H groups in total. The fourth-order valence-corrected chi connectivity index (χ4v) is 5.93. The molecule has 182 valence electrons. The van der Waals surface area contributed by atoms with Gasteiger partial charge in [0.15, 0.2) is 16.3 Å². The van der Waals surface area contributed by atoms with Gasteiger partial charge in [0.25, 0.3) is 5.56 Å². The first-order valence-corrected chi connectivity index (χ1v) is 12.9. The largest absolute Gasteiger partial charge is 0.504 e. The summed E-state index contributed by atoms with van der Waals surface area (Å²) in [6.45, 7) is 1.94. The van der Waals surface area contributed by atoms with E-state index in [0.717, 1.165) is 10.4 Å². The minimum Gasteiger partial charge on any atom is -0.504 e. The Morgan fingerprint density at radius 2 is 1.94 bits per heavy atom. The number of carbonyl (C=O) groups is 1. The Bertz CT molecular complexity index is 1630. The number of aromatic hydroxyl groups is 1. The number of thiophene rings is 1. The van der Waals surface area contributed by atoms with Crippen LogP contribution in [0.1, 0.15) is 29.0 Å². The van der Waals surface area contributed by atoms with Crippen LogP contribution in [-0.2, 0) is 9.53 Å². The van der Waals surface area contributed by atoms with E-state index in [0.29, 0.717) is 31.9 Å². The molecule has 1 atom stereocenters. The van der Waals surface area contributed by atoms with E-state index < -0.39 is 12.0 Å². The monoisotopic (exact) mass is 518 g/mol. The molecule has 0 radical (unpaired) electrons. The van der Waals surface area contributed by atoms with Crippen molar-refractivity contribution in [3.8, 4) is 11.5 Å². The summed E-state index contributed by atoms with van der Waals surface area (Å²) in [7, 11) is 1.47. The summed E-state index contributed by atoms with van der Waals surface area (Å²) in [5, 5.41) is 12.5. The number of hydrogen-bond donors (Lipinski definition) is 1. The van der Waals surface area contributed by atoms with Crippen LogP contribution in [0.3, 0.4) is 0 Å². The Kier molecular flexibility index (Phi) is 6.58. The molecule has 1 aliphatic rings. The lowest BCUT2D eigenvalue weighted by Crippen LogP contribution is -2.39. The first-order chi connectivity index (χ1) is 17.5. The Labute approximate surface area is 214 Å². The quantitative estimate of drug-likeness (QED) is 0.393. The SMILES string of the molecule is CCOC(=O)C1=C(c2ccccc2)N=c2s/c(=C\c3cccc(OC)c3O)c(=O)n2[C@@H]1c1cccs1. The van der Waals surface area contributed by atoms with E-state index in [9.17, 15) is 14.7 Å². The molecule has 2 aromatic carbocycles. The van der Waals surface area contributed by atoms with Gasteiger partial charge in [0.05, 0.1) is 29.5 Å². The van der Waals surface area contributed by atoms with Crippen LogP contribution >= 0.6 is 22.7 Å². The normalized spacial score (nSPS) is 15.4. The van der Waals surface area contributed by atoms with Crippen molar-refractivity contribution in [2.75, 3.05) is 13.7 Å². The van der Waals surface area contributed by atoms with Crippen molar-refractivity contribution in [2.24, 2.45) is 4.99 Å². The third kappa shape index (κ3) is 4.16. The van der Waals surface area contributed by atoms with Crippen molar-refractivity contribution < 1.29 is 19.4 Å². The second kappa shape index (κ2) is 9.96. The predicted octanol–water partition coefficient (Wildman–Crippen LogP) is 3.71. The molecule has 4 aromatic rings. The number of phenolic OH excluding ortho intramolecular Hbond substituents is 1. The average Bonchev–Trinajstić information content (AvgIpc) is 3.53. The van der Waals surface area contributed by atoms with Crippen LogP contribution < -0.4 is 19.6 Å². The number of ether oxygens (including phenoxy) is 2. The summed E-state index contributed by atoms with van der Waals surface area (Å²) in [5.41, 5.74) is 1.68. The number of thiazole rings is 1. The molecule has 0 spiro atoms. The number of fused-ring (bicyclic) bond motifs is 1. The molecule has 36 heavy (non-hydrogen) atoms. The van der Waals surface area contributed by atoms with Gasteiger partial charge in [-0.15, -0.1) is 11.3 Å². The number of hydrogen-bond acceptors (Lipinski definition) is 8. The van der Waals surface area contributed by atoms with Gasteiger partial charge in [-0.2, -0.15) is 0 Å². The van der Waals surface area contributed by atoms with Gasteiger partial charge in [0.1, 0.15) is 6.04 Å². The van der Waals surface area contributed by atoms with Crippen molar-refractivity contribution in [1.82, 2.24) is 4.57 Å². The molecule has 5 rings (SSSR count). The van der Waals surface area contributed by atoms with E-state index in [4.69, 9.17) is 14.5 Å². The fourth-order valence-electron chi connectivity index (χ4n) is 4.12. The minimum absolute atomic E-state index is 0.0576. The average molecular weight is 519 g/mol. The number of methoxy groups -OCH3 is 1. The van der Waals surface area contributed by atoms with Gasteiger partial charge >= 0.3 is 5.97 Å². The molecule has 7 nitrogen and oxygen atoms in total. The number of esters is 1. The second-order valence-corrected chi connectivity index (χ2v) is 9.83. The molecule has 2 aromatic heterocycles. The third-order valence-electron chi connectivity index (χ3n) is 5.72. The lowest BCUT2D eigenvalue weighted by molar-refractivity contribution is -0.138. The summed E-state index contributed by atoms with van der Waals surface area (Å²) in [5.74, 6) is -0.264. The first kappa shape index (κ1) is 23.8. The molecule has 0 saturated carbocycles. The zero-order chi connectivity index (χ0) is 25.2. The minimum atomic E-state index is -0.698. The standard InChI is InChI=1S/C27H22N2O5S2/c1-3-34-26(32)21-22(16-9-5-4-6-10-16)28-27-29(23(21)19-13-8-14-35-19)25(31)20(36-27)15-17-11-7-12-18(33-2)24(17)30/h4-15,23,30H,3H2,1-2H3/b20-15-/t23-/m1/s1. The first-order valence-electron chi connectivity index (χ1n) is 11.2. The van der Waals surface area contributed by atoms with E-state index in [1.807, 2.05) is 47.8 Å². The maximum Gasteiger partial charge on any atom is 0.338 e. The highest BCUT2D eigenvalue weighted by atomic mass is 32.1. The third-order valence-corrected chi connectivity index (χ3v) is 7.63.